The lowest BCUT2D eigenvalue weighted by Crippen LogP contribution is -2.55. The molecule has 0 aromatic carbocycles. The standard InChI is InChI=1S/C15H25NO2/c1-7-15(5,6)16-11-9-8-10-12(16)13(17)18-14(2,3)4/h1,12H,8-11H2,2-6H3/t12-/m0/s1. The SMILES string of the molecule is C#CC(C)(C)N1CCCC[C@H]1C(=O)OC(C)(C)C. The van der Waals surface area contributed by atoms with Gasteiger partial charge in [-0.1, -0.05) is 12.3 Å². The molecule has 102 valence electrons. The molecule has 1 aliphatic rings. The number of esters is 1. The number of terminal acetylenes is 1. The van der Waals surface area contributed by atoms with Crippen molar-refractivity contribution in [2.75, 3.05) is 6.54 Å². The van der Waals surface area contributed by atoms with Gasteiger partial charge in [-0.15, -0.1) is 6.42 Å². The molecule has 0 radical (unpaired) electrons. The van der Waals surface area contributed by atoms with Crippen LogP contribution in [0.1, 0.15) is 53.9 Å². The van der Waals surface area contributed by atoms with Gasteiger partial charge < -0.3 is 4.74 Å². The summed E-state index contributed by atoms with van der Waals surface area (Å²) in [6.07, 6.45) is 8.56. The molecule has 0 saturated carbocycles. The van der Waals surface area contributed by atoms with E-state index in [2.05, 4.69) is 10.8 Å². The number of nitrogens with zero attached hydrogens (tertiary/aromatic N) is 1. The molecule has 1 atom stereocenters. The highest BCUT2D eigenvalue weighted by Crippen LogP contribution is 2.27. The van der Waals surface area contributed by atoms with Gasteiger partial charge in [0.05, 0.1) is 5.54 Å². The molecule has 1 rings (SSSR count). The second-order valence-corrected chi connectivity index (χ2v) is 6.44. The first kappa shape index (κ1) is 15.0. The molecule has 1 aliphatic heterocycles. The number of likely N-dealkylation sites (tertiary alicyclic amines) is 1. The van der Waals surface area contributed by atoms with Crippen molar-refractivity contribution < 1.29 is 9.53 Å². The minimum atomic E-state index is -0.444. The van der Waals surface area contributed by atoms with E-state index in [1.807, 2.05) is 34.6 Å². The largest absolute Gasteiger partial charge is 0.459 e. The first-order valence-electron chi connectivity index (χ1n) is 6.65. The van der Waals surface area contributed by atoms with Gasteiger partial charge >= 0.3 is 5.97 Å². The number of hydrogen-bond acceptors (Lipinski definition) is 3. The van der Waals surface area contributed by atoms with Gasteiger partial charge in [-0.2, -0.15) is 0 Å². The summed E-state index contributed by atoms with van der Waals surface area (Å²) in [7, 11) is 0. The van der Waals surface area contributed by atoms with E-state index in [9.17, 15) is 4.79 Å². The van der Waals surface area contributed by atoms with Crippen LogP contribution in [0.4, 0.5) is 0 Å². The van der Waals surface area contributed by atoms with Crippen LogP contribution in [0, 0.1) is 12.3 Å². The average molecular weight is 251 g/mol. The molecule has 0 N–H and O–H groups in total. The zero-order valence-electron chi connectivity index (χ0n) is 12.2. The number of rotatable bonds is 2. The van der Waals surface area contributed by atoms with Crippen LogP contribution < -0.4 is 0 Å². The van der Waals surface area contributed by atoms with Crippen molar-refractivity contribution in [3.05, 3.63) is 0 Å². The second kappa shape index (κ2) is 5.32. The Hall–Kier alpha value is -1.01. The van der Waals surface area contributed by atoms with Crippen molar-refractivity contribution in [3.63, 3.8) is 0 Å². The van der Waals surface area contributed by atoms with Crippen molar-refractivity contribution in [3.8, 4) is 12.3 Å². The summed E-state index contributed by atoms with van der Waals surface area (Å²) in [4.78, 5) is 14.4. The van der Waals surface area contributed by atoms with E-state index >= 15 is 0 Å². The number of carbonyl (C=O) groups excluding carboxylic acids is 1. The summed E-state index contributed by atoms with van der Waals surface area (Å²) in [5.74, 6) is 2.63. The predicted octanol–water partition coefficient (Wildman–Crippen LogP) is 2.59. The molecule has 0 aromatic rings. The Balaban J connectivity index is 2.84. The van der Waals surface area contributed by atoms with E-state index < -0.39 is 11.1 Å². The van der Waals surface area contributed by atoms with Gasteiger partial charge in [-0.25, -0.2) is 0 Å². The Kier molecular flexibility index (Phi) is 4.45. The smallest absolute Gasteiger partial charge is 0.323 e. The molecule has 0 amide bonds. The Morgan fingerprint density at radius 3 is 2.39 bits per heavy atom. The topological polar surface area (TPSA) is 29.5 Å². The molecular formula is C15H25NO2. The van der Waals surface area contributed by atoms with Gasteiger partial charge in [-0.3, -0.25) is 9.69 Å². The third kappa shape index (κ3) is 3.74. The predicted molar refractivity (Wildman–Crippen MR) is 73.1 cm³/mol. The Bertz CT molecular complexity index is 346. The van der Waals surface area contributed by atoms with E-state index in [1.54, 1.807) is 0 Å². The van der Waals surface area contributed by atoms with Crippen LogP contribution in [0.5, 0.6) is 0 Å². The average Bonchev–Trinajstić information content (AvgIpc) is 2.27. The summed E-state index contributed by atoms with van der Waals surface area (Å²) in [5, 5.41) is 0. The van der Waals surface area contributed by atoms with Gasteiger partial charge in [0.25, 0.3) is 0 Å². The van der Waals surface area contributed by atoms with Crippen LogP contribution in [0.15, 0.2) is 0 Å². The molecule has 0 bridgehead atoms. The van der Waals surface area contributed by atoms with Crippen LogP contribution in [0.25, 0.3) is 0 Å². The van der Waals surface area contributed by atoms with Crippen molar-refractivity contribution in [1.82, 2.24) is 4.90 Å². The lowest BCUT2D eigenvalue weighted by molar-refractivity contribution is -0.164. The fourth-order valence-electron chi connectivity index (χ4n) is 2.30. The molecule has 3 heteroatoms. The molecule has 1 heterocycles. The summed E-state index contributed by atoms with van der Waals surface area (Å²) in [6, 6.07) is -0.205. The van der Waals surface area contributed by atoms with E-state index in [0.717, 1.165) is 25.8 Å². The maximum atomic E-state index is 12.3. The molecule has 0 aromatic heterocycles. The maximum absolute atomic E-state index is 12.3. The maximum Gasteiger partial charge on any atom is 0.323 e. The molecule has 1 fully saturated rings. The first-order valence-corrected chi connectivity index (χ1v) is 6.65. The highest BCUT2D eigenvalue weighted by Gasteiger charge is 2.38. The van der Waals surface area contributed by atoms with Crippen LogP contribution >= 0.6 is 0 Å². The van der Waals surface area contributed by atoms with Gasteiger partial charge in [0, 0.05) is 6.54 Å². The number of ether oxygens (including phenoxy) is 1. The lowest BCUT2D eigenvalue weighted by Gasteiger charge is -2.43. The van der Waals surface area contributed by atoms with Gasteiger partial charge in [0.15, 0.2) is 0 Å². The number of piperidine rings is 1. The van der Waals surface area contributed by atoms with Crippen molar-refractivity contribution in [1.29, 1.82) is 0 Å². The Labute approximate surface area is 111 Å². The van der Waals surface area contributed by atoms with Crippen molar-refractivity contribution in [2.45, 2.75) is 71.1 Å². The van der Waals surface area contributed by atoms with Gasteiger partial charge in [0.1, 0.15) is 11.6 Å². The summed E-state index contributed by atoms with van der Waals surface area (Å²) in [6.45, 7) is 10.5. The minimum Gasteiger partial charge on any atom is -0.459 e. The molecule has 18 heavy (non-hydrogen) atoms. The van der Waals surface area contributed by atoms with E-state index in [-0.39, 0.29) is 12.0 Å². The quantitative estimate of drug-likeness (QED) is 0.558. The Morgan fingerprint density at radius 1 is 1.28 bits per heavy atom. The van der Waals surface area contributed by atoms with Crippen molar-refractivity contribution >= 4 is 5.97 Å². The third-order valence-corrected chi connectivity index (χ3v) is 3.25. The monoisotopic (exact) mass is 251 g/mol. The molecule has 0 spiro atoms. The zero-order chi connectivity index (χ0) is 14.0. The van der Waals surface area contributed by atoms with Gasteiger partial charge in [-0.05, 0) is 47.5 Å². The minimum absolute atomic E-state index is 0.148. The number of hydrogen-bond donors (Lipinski definition) is 0. The van der Waals surface area contributed by atoms with E-state index in [4.69, 9.17) is 11.2 Å². The van der Waals surface area contributed by atoms with E-state index in [0.29, 0.717) is 0 Å². The molecular weight excluding hydrogens is 226 g/mol. The summed E-state index contributed by atoms with van der Waals surface area (Å²) >= 11 is 0. The molecule has 0 unspecified atom stereocenters. The fourth-order valence-corrected chi connectivity index (χ4v) is 2.30. The van der Waals surface area contributed by atoms with Crippen LogP contribution in [0.2, 0.25) is 0 Å². The summed E-state index contributed by atoms with van der Waals surface area (Å²) < 4.78 is 5.50. The van der Waals surface area contributed by atoms with Crippen LogP contribution in [-0.4, -0.2) is 34.6 Å². The highest BCUT2D eigenvalue weighted by atomic mass is 16.6. The van der Waals surface area contributed by atoms with Crippen LogP contribution in [0.3, 0.4) is 0 Å². The zero-order valence-corrected chi connectivity index (χ0v) is 12.2. The molecule has 1 saturated heterocycles. The summed E-state index contributed by atoms with van der Waals surface area (Å²) in [5.41, 5.74) is -0.845. The fraction of sp³-hybridized carbons (Fsp3) is 0.800. The lowest BCUT2D eigenvalue weighted by atomic mass is 9.93. The van der Waals surface area contributed by atoms with E-state index in [1.165, 1.54) is 0 Å². The highest BCUT2D eigenvalue weighted by molar-refractivity contribution is 5.76. The second-order valence-electron chi connectivity index (χ2n) is 6.44. The molecule has 0 aliphatic carbocycles. The van der Waals surface area contributed by atoms with Gasteiger partial charge in [0.2, 0.25) is 0 Å². The Morgan fingerprint density at radius 2 is 1.89 bits per heavy atom. The van der Waals surface area contributed by atoms with Crippen molar-refractivity contribution in [2.24, 2.45) is 0 Å². The normalized spacial score (nSPS) is 22.3. The van der Waals surface area contributed by atoms with Crippen LogP contribution in [-0.2, 0) is 9.53 Å². The number of carbonyl (C=O) groups is 1. The third-order valence-electron chi connectivity index (χ3n) is 3.25. The molecule has 3 nitrogen and oxygen atoms in total. The first-order chi connectivity index (χ1) is 8.17.